The molecular weight excluding hydrogens is 422 g/mol. The van der Waals surface area contributed by atoms with Crippen LogP contribution < -0.4 is 10.1 Å². The Morgan fingerprint density at radius 1 is 1.07 bits per heavy atom. The number of hydrogen-bond acceptors (Lipinski definition) is 2. The SMILES string of the molecule is COc1ccc2c(c1)CC[C@@H]1[C@@H]2CC[C@]2(C)[C@@H](Nc3ccccc3Br)CCC[C@@H]12. The Hall–Kier alpha value is -1.48. The van der Waals surface area contributed by atoms with Crippen LogP contribution in [-0.2, 0) is 6.42 Å². The van der Waals surface area contributed by atoms with Gasteiger partial charge in [0.1, 0.15) is 5.75 Å². The first kappa shape index (κ1) is 19.5. The fourth-order valence-electron chi connectivity index (χ4n) is 6.88. The van der Waals surface area contributed by atoms with Gasteiger partial charge in [-0.1, -0.05) is 31.5 Å². The predicted molar refractivity (Wildman–Crippen MR) is 124 cm³/mol. The maximum absolute atomic E-state index is 5.49. The number of aryl methyl sites for hydroxylation is 1. The summed E-state index contributed by atoms with van der Waals surface area (Å²) >= 11 is 3.74. The van der Waals surface area contributed by atoms with Gasteiger partial charge in [-0.2, -0.15) is 0 Å². The molecule has 0 radical (unpaired) electrons. The van der Waals surface area contributed by atoms with E-state index in [4.69, 9.17) is 4.74 Å². The quantitative estimate of drug-likeness (QED) is 0.530. The zero-order chi connectivity index (χ0) is 20.0. The van der Waals surface area contributed by atoms with Gasteiger partial charge in [-0.3, -0.25) is 0 Å². The van der Waals surface area contributed by atoms with Crippen LogP contribution in [0.5, 0.6) is 5.75 Å². The summed E-state index contributed by atoms with van der Waals surface area (Å²) in [5.41, 5.74) is 4.79. The summed E-state index contributed by atoms with van der Waals surface area (Å²) in [4.78, 5) is 0. The van der Waals surface area contributed by atoms with Crippen molar-refractivity contribution in [2.45, 2.75) is 63.8 Å². The van der Waals surface area contributed by atoms with Gasteiger partial charge in [0.15, 0.2) is 0 Å². The second-order valence-corrected chi connectivity index (χ2v) is 10.5. The number of para-hydroxylation sites is 1. The van der Waals surface area contributed by atoms with Crippen molar-refractivity contribution in [1.82, 2.24) is 0 Å². The third kappa shape index (κ3) is 3.30. The number of benzene rings is 2. The second kappa shape index (κ2) is 7.65. The fourth-order valence-corrected chi connectivity index (χ4v) is 7.28. The minimum absolute atomic E-state index is 0.388. The highest BCUT2D eigenvalue weighted by atomic mass is 79.9. The van der Waals surface area contributed by atoms with Crippen molar-refractivity contribution >= 4 is 21.6 Å². The van der Waals surface area contributed by atoms with E-state index in [2.05, 4.69) is 70.6 Å². The third-order valence-electron chi connectivity index (χ3n) is 8.38. The van der Waals surface area contributed by atoms with E-state index < -0.39 is 0 Å². The molecule has 0 saturated heterocycles. The lowest BCUT2D eigenvalue weighted by molar-refractivity contribution is -0.0139. The maximum atomic E-state index is 5.49. The molecule has 0 unspecified atom stereocenters. The fraction of sp³-hybridized carbons (Fsp3) is 0.538. The van der Waals surface area contributed by atoms with Crippen molar-refractivity contribution in [1.29, 1.82) is 0 Å². The van der Waals surface area contributed by atoms with Crippen molar-refractivity contribution in [3.8, 4) is 5.75 Å². The van der Waals surface area contributed by atoms with Crippen LogP contribution in [-0.4, -0.2) is 13.2 Å². The predicted octanol–water partition coefficient (Wildman–Crippen LogP) is 7.18. The van der Waals surface area contributed by atoms with Crippen LogP contribution in [0.4, 0.5) is 5.69 Å². The van der Waals surface area contributed by atoms with Crippen LogP contribution in [0, 0.1) is 17.3 Å². The molecule has 0 heterocycles. The molecule has 5 atom stereocenters. The topological polar surface area (TPSA) is 21.3 Å². The highest BCUT2D eigenvalue weighted by Crippen LogP contribution is 2.60. The Morgan fingerprint density at radius 2 is 1.93 bits per heavy atom. The molecule has 0 spiro atoms. The van der Waals surface area contributed by atoms with Gasteiger partial charge in [-0.05, 0) is 113 Å². The minimum Gasteiger partial charge on any atom is -0.497 e. The first-order valence-corrected chi connectivity index (χ1v) is 12.1. The molecule has 5 rings (SSSR count). The molecule has 154 valence electrons. The van der Waals surface area contributed by atoms with Gasteiger partial charge in [-0.15, -0.1) is 0 Å². The smallest absolute Gasteiger partial charge is 0.119 e. The Kier molecular flexibility index (Phi) is 5.14. The zero-order valence-corrected chi connectivity index (χ0v) is 19.2. The number of fused-ring (bicyclic) bond motifs is 5. The van der Waals surface area contributed by atoms with Crippen molar-refractivity contribution in [2.24, 2.45) is 17.3 Å². The molecule has 0 aliphatic heterocycles. The molecule has 0 aromatic heterocycles. The maximum Gasteiger partial charge on any atom is 0.119 e. The van der Waals surface area contributed by atoms with Crippen molar-refractivity contribution in [3.63, 3.8) is 0 Å². The number of ether oxygens (including phenoxy) is 1. The van der Waals surface area contributed by atoms with Gasteiger partial charge in [0.05, 0.1) is 7.11 Å². The summed E-state index contributed by atoms with van der Waals surface area (Å²) in [5, 5.41) is 3.96. The normalized spacial score (nSPS) is 33.2. The van der Waals surface area contributed by atoms with E-state index in [1.165, 1.54) is 60.7 Å². The van der Waals surface area contributed by atoms with Gasteiger partial charge >= 0.3 is 0 Å². The molecule has 2 aromatic rings. The monoisotopic (exact) mass is 453 g/mol. The van der Waals surface area contributed by atoms with Crippen molar-refractivity contribution in [2.75, 3.05) is 12.4 Å². The molecule has 29 heavy (non-hydrogen) atoms. The van der Waals surface area contributed by atoms with E-state index in [-0.39, 0.29) is 0 Å². The lowest BCUT2D eigenvalue weighted by atomic mass is 9.49. The van der Waals surface area contributed by atoms with E-state index in [9.17, 15) is 0 Å². The Morgan fingerprint density at radius 3 is 2.76 bits per heavy atom. The molecule has 2 saturated carbocycles. The lowest BCUT2D eigenvalue weighted by Crippen LogP contribution is -2.53. The summed E-state index contributed by atoms with van der Waals surface area (Å²) in [6.07, 6.45) is 9.24. The van der Waals surface area contributed by atoms with Gasteiger partial charge in [0.25, 0.3) is 0 Å². The molecule has 0 amide bonds. The van der Waals surface area contributed by atoms with Crippen LogP contribution >= 0.6 is 15.9 Å². The van der Waals surface area contributed by atoms with Gasteiger partial charge in [0, 0.05) is 16.2 Å². The van der Waals surface area contributed by atoms with Gasteiger partial charge < -0.3 is 10.1 Å². The summed E-state index contributed by atoms with van der Waals surface area (Å²) in [7, 11) is 1.78. The first-order chi connectivity index (χ1) is 14.1. The standard InChI is InChI=1S/C26H32BrNO/c1-26-15-14-20-19-13-11-18(29-2)16-17(19)10-12-21(20)22(26)6-5-9-25(26)28-24-8-4-3-7-23(24)27/h3-4,7-8,11,13,16,20-22,25,28H,5-6,9-10,12,14-15H2,1-2H3/t20-,21-,22+,25+,26+/m1/s1. The Balaban J connectivity index is 1.42. The molecule has 3 heteroatoms. The van der Waals surface area contributed by atoms with Crippen LogP contribution in [0.3, 0.4) is 0 Å². The van der Waals surface area contributed by atoms with Gasteiger partial charge in [-0.25, -0.2) is 0 Å². The van der Waals surface area contributed by atoms with E-state index in [0.29, 0.717) is 11.5 Å². The van der Waals surface area contributed by atoms with Crippen LogP contribution in [0.1, 0.15) is 62.5 Å². The first-order valence-electron chi connectivity index (χ1n) is 11.3. The largest absolute Gasteiger partial charge is 0.497 e. The van der Waals surface area contributed by atoms with E-state index >= 15 is 0 Å². The molecule has 1 N–H and O–H groups in total. The van der Waals surface area contributed by atoms with Gasteiger partial charge in [0.2, 0.25) is 0 Å². The molecule has 3 aliphatic carbocycles. The molecular formula is C26H32BrNO. The number of halogens is 1. The summed E-state index contributed by atoms with van der Waals surface area (Å²) in [6, 6.07) is 16.0. The Labute approximate surface area is 183 Å². The second-order valence-electron chi connectivity index (χ2n) is 9.63. The molecule has 3 aliphatic rings. The van der Waals surface area contributed by atoms with Crippen LogP contribution in [0.25, 0.3) is 0 Å². The summed E-state index contributed by atoms with van der Waals surface area (Å²) in [5.74, 6) is 3.41. The highest BCUT2D eigenvalue weighted by Gasteiger charge is 2.52. The lowest BCUT2D eigenvalue weighted by Gasteiger charge is -2.57. The number of rotatable bonds is 3. The summed E-state index contributed by atoms with van der Waals surface area (Å²) in [6.45, 7) is 2.59. The average molecular weight is 454 g/mol. The number of methoxy groups -OCH3 is 1. The third-order valence-corrected chi connectivity index (χ3v) is 9.07. The highest BCUT2D eigenvalue weighted by molar-refractivity contribution is 9.10. The van der Waals surface area contributed by atoms with E-state index in [0.717, 1.165) is 23.5 Å². The number of nitrogens with one attached hydrogen (secondary N) is 1. The Bertz CT molecular complexity index is 896. The zero-order valence-electron chi connectivity index (χ0n) is 17.6. The van der Waals surface area contributed by atoms with Crippen molar-refractivity contribution in [3.05, 3.63) is 58.1 Å². The van der Waals surface area contributed by atoms with Crippen molar-refractivity contribution < 1.29 is 4.74 Å². The van der Waals surface area contributed by atoms with Crippen LogP contribution in [0.2, 0.25) is 0 Å². The molecule has 0 bridgehead atoms. The molecule has 2 fully saturated rings. The van der Waals surface area contributed by atoms with Crippen LogP contribution in [0.15, 0.2) is 46.9 Å². The summed E-state index contributed by atoms with van der Waals surface area (Å²) < 4.78 is 6.67. The van der Waals surface area contributed by atoms with E-state index in [1.807, 2.05) is 0 Å². The number of anilines is 1. The van der Waals surface area contributed by atoms with E-state index in [1.54, 1.807) is 12.7 Å². The number of hydrogen-bond donors (Lipinski definition) is 1. The minimum atomic E-state index is 0.388. The molecule has 2 aromatic carbocycles. The molecule has 2 nitrogen and oxygen atoms in total. The average Bonchev–Trinajstić information content (AvgIpc) is 2.75.